The lowest BCUT2D eigenvalue weighted by molar-refractivity contribution is 0.814. The van der Waals surface area contributed by atoms with Gasteiger partial charge in [-0.05, 0) is 49.2 Å². The van der Waals surface area contributed by atoms with E-state index in [9.17, 15) is 4.79 Å². The maximum Gasteiger partial charge on any atom is 0.266 e. The predicted octanol–water partition coefficient (Wildman–Crippen LogP) is 4.69. The van der Waals surface area contributed by atoms with Crippen molar-refractivity contribution in [1.82, 2.24) is 14.5 Å². The van der Waals surface area contributed by atoms with Gasteiger partial charge in [0.05, 0.1) is 16.6 Å². The Kier molecular flexibility index (Phi) is 4.77. The largest absolute Gasteiger partial charge is 0.268 e. The van der Waals surface area contributed by atoms with E-state index in [4.69, 9.17) is 4.98 Å². The average Bonchev–Trinajstić information content (AvgIpc) is 2.68. The van der Waals surface area contributed by atoms with Gasteiger partial charge in [0.25, 0.3) is 5.56 Å². The monoisotopic (exact) mass is 373 g/mol. The van der Waals surface area contributed by atoms with E-state index in [1.807, 2.05) is 61.7 Å². The summed E-state index contributed by atoms with van der Waals surface area (Å²) >= 11 is 1.55. The molecule has 0 aliphatic rings. The van der Waals surface area contributed by atoms with Crippen LogP contribution in [-0.2, 0) is 5.75 Å². The molecule has 4 nitrogen and oxygen atoms in total. The van der Waals surface area contributed by atoms with Crippen molar-refractivity contribution in [1.29, 1.82) is 0 Å². The molecule has 0 amide bonds. The lowest BCUT2D eigenvalue weighted by atomic mass is 10.1. The second kappa shape index (κ2) is 7.37. The zero-order valence-corrected chi connectivity index (χ0v) is 16.0. The minimum absolute atomic E-state index is 0.0405. The van der Waals surface area contributed by atoms with Crippen molar-refractivity contribution in [2.24, 2.45) is 0 Å². The molecule has 0 saturated carbocycles. The first-order chi connectivity index (χ1) is 13.1. The molecule has 0 saturated heterocycles. The van der Waals surface area contributed by atoms with Gasteiger partial charge in [0.15, 0.2) is 5.16 Å². The first-order valence-corrected chi connectivity index (χ1v) is 9.73. The summed E-state index contributed by atoms with van der Waals surface area (Å²) in [6.45, 7) is 4.08. The van der Waals surface area contributed by atoms with E-state index in [2.05, 4.69) is 18.0 Å². The standard InChI is InChI=1S/C22H19N3OS/c1-15-9-10-20(16(2)12-15)25-21(26)18-7-3-4-8-19(18)24-22(25)27-14-17-6-5-11-23-13-17/h3-13H,14H2,1-2H3. The van der Waals surface area contributed by atoms with E-state index < -0.39 is 0 Å². The van der Waals surface area contributed by atoms with Gasteiger partial charge in [0.1, 0.15) is 0 Å². The van der Waals surface area contributed by atoms with Crippen LogP contribution in [0, 0.1) is 13.8 Å². The van der Waals surface area contributed by atoms with E-state index in [0.717, 1.165) is 22.3 Å². The molecule has 2 aromatic heterocycles. The van der Waals surface area contributed by atoms with Crippen LogP contribution in [0.1, 0.15) is 16.7 Å². The fourth-order valence-electron chi connectivity index (χ4n) is 3.11. The quantitative estimate of drug-likeness (QED) is 0.385. The minimum atomic E-state index is -0.0405. The van der Waals surface area contributed by atoms with Crippen LogP contribution in [0.3, 0.4) is 0 Å². The molecule has 0 aliphatic carbocycles. The van der Waals surface area contributed by atoms with Crippen molar-refractivity contribution in [3.05, 3.63) is 94.0 Å². The Hall–Kier alpha value is -2.92. The molecule has 0 N–H and O–H groups in total. The van der Waals surface area contributed by atoms with Crippen LogP contribution < -0.4 is 5.56 Å². The fraction of sp³-hybridized carbons (Fsp3) is 0.136. The van der Waals surface area contributed by atoms with Crippen molar-refractivity contribution in [2.75, 3.05) is 0 Å². The first kappa shape index (κ1) is 17.5. The average molecular weight is 373 g/mol. The number of hydrogen-bond donors (Lipinski definition) is 0. The van der Waals surface area contributed by atoms with Crippen molar-refractivity contribution in [2.45, 2.75) is 24.8 Å². The molecule has 0 aliphatic heterocycles. The second-order valence-corrected chi connectivity index (χ2v) is 7.43. The molecule has 2 aromatic carbocycles. The zero-order chi connectivity index (χ0) is 18.8. The van der Waals surface area contributed by atoms with Crippen LogP contribution in [-0.4, -0.2) is 14.5 Å². The topological polar surface area (TPSA) is 47.8 Å². The highest BCUT2D eigenvalue weighted by atomic mass is 32.2. The first-order valence-electron chi connectivity index (χ1n) is 8.74. The van der Waals surface area contributed by atoms with Gasteiger partial charge in [-0.25, -0.2) is 4.98 Å². The molecule has 4 aromatic rings. The highest BCUT2D eigenvalue weighted by molar-refractivity contribution is 7.98. The van der Waals surface area contributed by atoms with Gasteiger partial charge in [-0.2, -0.15) is 0 Å². The number of aromatic nitrogens is 3. The minimum Gasteiger partial charge on any atom is -0.268 e. The van der Waals surface area contributed by atoms with Gasteiger partial charge in [0.2, 0.25) is 0 Å². The molecule has 0 unspecified atom stereocenters. The lowest BCUT2D eigenvalue weighted by Crippen LogP contribution is -2.22. The molecule has 134 valence electrons. The van der Waals surface area contributed by atoms with Crippen molar-refractivity contribution in [3.8, 4) is 5.69 Å². The van der Waals surface area contributed by atoms with Crippen LogP contribution in [0.2, 0.25) is 0 Å². The molecule has 5 heteroatoms. The van der Waals surface area contributed by atoms with Gasteiger partial charge in [-0.15, -0.1) is 0 Å². The normalized spacial score (nSPS) is 11.0. The summed E-state index contributed by atoms with van der Waals surface area (Å²) in [7, 11) is 0. The Labute approximate surface area is 161 Å². The van der Waals surface area contributed by atoms with Gasteiger partial charge in [-0.1, -0.05) is 47.7 Å². The number of pyridine rings is 1. The highest BCUT2D eigenvalue weighted by Crippen LogP contribution is 2.26. The SMILES string of the molecule is Cc1ccc(-n2c(SCc3cccnc3)nc3ccccc3c2=O)c(C)c1. The molecule has 2 heterocycles. The van der Waals surface area contributed by atoms with Crippen molar-refractivity contribution < 1.29 is 0 Å². The number of fused-ring (bicyclic) bond motifs is 1. The third-order valence-corrected chi connectivity index (χ3v) is 5.44. The molecule has 0 spiro atoms. The van der Waals surface area contributed by atoms with Crippen molar-refractivity contribution in [3.63, 3.8) is 0 Å². The molecular weight excluding hydrogens is 354 g/mol. The van der Waals surface area contributed by atoms with Crippen LogP contribution in [0.5, 0.6) is 0 Å². The summed E-state index contributed by atoms with van der Waals surface area (Å²) in [4.78, 5) is 22.3. The third-order valence-electron chi connectivity index (χ3n) is 4.43. The van der Waals surface area contributed by atoms with Crippen molar-refractivity contribution >= 4 is 22.7 Å². The summed E-state index contributed by atoms with van der Waals surface area (Å²) in [6, 6.07) is 17.6. The molecule has 0 radical (unpaired) electrons. The lowest BCUT2D eigenvalue weighted by Gasteiger charge is -2.15. The van der Waals surface area contributed by atoms with Gasteiger partial charge < -0.3 is 0 Å². The zero-order valence-electron chi connectivity index (χ0n) is 15.2. The number of benzene rings is 2. The van der Waals surface area contributed by atoms with Crippen LogP contribution in [0.4, 0.5) is 0 Å². The predicted molar refractivity (Wildman–Crippen MR) is 111 cm³/mol. The molecule has 0 atom stereocenters. The van der Waals surface area contributed by atoms with Gasteiger partial charge >= 0.3 is 0 Å². The summed E-state index contributed by atoms with van der Waals surface area (Å²) in [5, 5.41) is 1.32. The summed E-state index contributed by atoms with van der Waals surface area (Å²) in [5.41, 5.74) is 4.87. The van der Waals surface area contributed by atoms with Gasteiger partial charge in [-0.3, -0.25) is 14.3 Å². The van der Waals surface area contributed by atoms with E-state index in [-0.39, 0.29) is 5.56 Å². The Balaban J connectivity index is 1.89. The summed E-state index contributed by atoms with van der Waals surface area (Å²) in [6.07, 6.45) is 3.60. The smallest absolute Gasteiger partial charge is 0.266 e. The summed E-state index contributed by atoms with van der Waals surface area (Å²) < 4.78 is 1.73. The van der Waals surface area contributed by atoms with Crippen LogP contribution in [0.15, 0.2) is 76.9 Å². The Bertz CT molecular complexity index is 1170. The molecule has 4 rings (SSSR count). The number of thioether (sulfide) groups is 1. The van der Waals surface area contributed by atoms with Crippen LogP contribution >= 0.6 is 11.8 Å². The number of aryl methyl sites for hydroxylation is 2. The number of para-hydroxylation sites is 1. The molecule has 0 bridgehead atoms. The second-order valence-electron chi connectivity index (χ2n) is 6.49. The molecule has 0 fully saturated rings. The van der Waals surface area contributed by atoms with E-state index >= 15 is 0 Å². The van der Waals surface area contributed by atoms with E-state index in [1.165, 1.54) is 5.56 Å². The van der Waals surface area contributed by atoms with E-state index in [0.29, 0.717) is 16.3 Å². The Morgan fingerprint density at radius 3 is 2.67 bits per heavy atom. The number of nitrogens with zero attached hydrogens (tertiary/aromatic N) is 3. The fourth-order valence-corrected chi connectivity index (χ4v) is 4.05. The molecular formula is C22H19N3OS. The molecule has 27 heavy (non-hydrogen) atoms. The highest BCUT2D eigenvalue weighted by Gasteiger charge is 2.15. The Morgan fingerprint density at radius 1 is 1.04 bits per heavy atom. The Morgan fingerprint density at radius 2 is 1.89 bits per heavy atom. The summed E-state index contributed by atoms with van der Waals surface area (Å²) in [5.74, 6) is 0.698. The maximum absolute atomic E-state index is 13.3. The van der Waals surface area contributed by atoms with E-state index in [1.54, 1.807) is 22.5 Å². The maximum atomic E-state index is 13.3. The number of hydrogen-bond acceptors (Lipinski definition) is 4. The van der Waals surface area contributed by atoms with Crippen LogP contribution in [0.25, 0.3) is 16.6 Å². The third kappa shape index (κ3) is 3.51. The van der Waals surface area contributed by atoms with Gasteiger partial charge in [0, 0.05) is 18.1 Å². The number of rotatable bonds is 4.